The molecule has 0 aromatic carbocycles. The maximum Gasteiger partial charge on any atom is 0.173 e. The number of thiophene rings is 1. The minimum atomic E-state index is 0.413. The van der Waals surface area contributed by atoms with Crippen LogP contribution in [0.1, 0.15) is 24.1 Å². The van der Waals surface area contributed by atoms with Crippen LogP contribution in [0, 0.1) is 0 Å². The Kier molecular flexibility index (Phi) is 4.63. The molecular formula is C12H19NO2S. The Labute approximate surface area is 101 Å². The molecule has 90 valence electrons. The van der Waals surface area contributed by atoms with E-state index in [9.17, 15) is 0 Å². The Morgan fingerprint density at radius 3 is 3.12 bits per heavy atom. The molecule has 1 aliphatic heterocycles. The molecule has 1 aromatic heterocycles. The van der Waals surface area contributed by atoms with Crippen LogP contribution in [0.3, 0.4) is 0 Å². The van der Waals surface area contributed by atoms with E-state index in [4.69, 9.17) is 9.47 Å². The molecule has 4 heteroatoms. The summed E-state index contributed by atoms with van der Waals surface area (Å²) in [4.78, 5) is 1.31. The van der Waals surface area contributed by atoms with Crippen LogP contribution >= 0.6 is 11.3 Å². The Hall–Kier alpha value is -0.580. The number of ether oxygens (including phenoxy) is 2. The van der Waals surface area contributed by atoms with Crippen molar-refractivity contribution in [2.24, 2.45) is 0 Å². The number of hydrogen-bond acceptors (Lipinski definition) is 4. The van der Waals surface area contributed by atoms with Crippen molar-refractivity contribution in [3.63, 3.8) is 0 Å². The Balaban J connectivity index is 1.66. The lowest BCUT2D eigenvalue weighted by molar-refractivity contribution is 0.0168. The van der Waals surface area contributed by atoms with Gasteiger partial charge in [-0.15, -0.1) is 11.3 Å². The molecule has 0 spiro atoms. The predicted molar refractivity (Wildman–Crippen MR) is 66.2 cm³/mol. The van der Waals surface area contributed by atoms with Crippen molar-refractivity contribution >= 4 is 11.3 Å². The van der Waals surface area contributed by atoms with Crippen LogP contribution in [0.4, 0.5) is 0 Å². The van der Waals surface area contributed by atoms with Crippen LogP contribution in [0.2, 0.25) is 0 Å². The van der Waals surface area contributed by atoms with Gasteiger partial charge in [-0.2, -0.15) is 0 Å². The fourth-order valence-electron chi connectivity index (χ4n) is 1.89. The van der Waals surface area contributed by atoms with Gasteiger partial charge in [-0.25, -0.2) is 0 Å². The molecule has 1 N–H and O–H groups in total. The summed E-state index contributed by atoms with van der Waals surface area (Å²) in [6, 6.07) is 4.12. The monoisotopic (exact) mass is 241 g/mol. The summed E-state index contributed by atoms with van der Waals surface area (Å²) >= 11 is 1.69. The van der Waals surface area contributed by atoms with E-state index >= 15 is 0 Å². The second-order valence-electron chi connectivity index (χ2n) is 4.04. The normalized spacial score (nSPS) is 20.9. The van der Waals surface area contributed by atoms with E-state index in [-0.39, 0.29) is 0 Å². The lowest BCUT2D eigenvalue weighted by Crippen LogP contribution is -2.31. The lowest BCUT2D eigenvalue weighted by Gasteiger charge is -2.22. The number of hydrogen-bond donors (Lipinski definition) is 1. The zero-order chi connectivity index (χ0) is 11.2. The van der Waals surface area contributed by atoms with Crippen molar-refractivity contribution in [3.05, 3.63) is 17.0 Å². The summed E-state index contributed by atoms with van der Waals surface area (Å²) in [5, 5.41) is 4.42. The first-order chi connectivity index (χ1) is 7.88. The molecule has 1 aliphatic rings. The molecule has 2 heterocycles. The van der Waals surface area contributed by atoms with Gasteiger partial charge in [-0.1, -0.05) is 0 Å². The summed E-state index contributed by atoms with van der Waals surface area (Å²) in [7, 11) is 1.71. The molecule has 1 aromatic rings. The molecule has 16 heavy (non-hydrogen) atoms. The van der Waals surface area contributed by atoms with Gasteiger partial charge in [0.1, 0.15) is 0 Å². The van der Waals surface area contributed by atoms with Crippen molar-refractivity contribution in [3.8, 4) is 5.06 Å². The first kappa shape index (κ1) is 11.9. The van der Waals surface area contributed by atoms with E-state index in [1.54, 1.807) is 18.4 Å². The minimum Gasteiger partial charge on any atom is -0.487 e. The molecule has 0 bridgehead atoms. The Morgan fingerprint density at radius 2 is 2.44 bits per heavy atom. The highest BCUT2D eigenvalue weighted by Gasteiger charge is 2.12. The molecule has 1 unspecified atom stereocenters. The molecule has 1 atom stereocenters. The fraction of sp³-hybridized carbons (Fsp3) is 0.667. The van der Waals surface area contributed by atoms with Crippen molar-refractivity contribution in [2.75, 3.05) is 20.3 Å². The minimum absolute atomic E-state index is 0.413. The maximum atomic E-state index is 5.66. The van der Waals surface area contributed by atoms with E-state index in [2.05, 4.69) is 11.4 Å². The van der Waals surface area contributed by atoms with Gasteiger partial charge >= 0.3 is 0 Å². The summed E-state index contributed by atoms with van der Waals surface area (Å²) < 4.78 is 10.8. The summed E-state index contributed by atoms with van der Waals surface area (Å²) in [5.41, 5.74) is 0. The standard InChI is InChI=1S/C12H19NO2S/c1-14-12-6-5-11(16-12)9-13-8-10-4-2-3-7-15-10/h5-6,10,13H,2-4,7-9H2,1H3. The van der Waals surface area contributed by atoms with Gasteiger partial charge in [0, 0.05) is 24.6 Å². The van der Waals surface area contributed by atoms with Crippen molar-refractivity contribution in [1.82, 2.24) is 5.32 Å². The molecule has 0 amide bonds. The van der Waals surface area contributed by atoms with Gasteiger partial charge in [0.25, 0.3) is 0 Å². The molecule has 3 nitrogen and oxygen atoms in total. The summed E-state index contributed by atoms with van der Waals surface area (Å²) in [6.07, 6.45) is 4.13. The molecule has 1 saturated heterocycles. The maximum absolute atomic E-state index is 5.66. The predicted octanol–water partition coefficient (Wildman–Crippen LogP) is 2.42. The largest absolute Gasteiger partial charge is 0.487 e. The van der Waals surface area contributed by atoms with Gasteiger partial charge in [0.2, 0.25) is 0 Å². The number of methoxy groups -OCH3 is 1. The van der Waals surface area contributed by atoms with Gasteiger partial charge in [0.15, 0.2) is 5.06 Å². The number of nitrogens with one attached hydrogen (secondary N) is 1. The summed E-state index contributed by atoms with van der Waals surface area (Å²) in [6.45, 7) is 2.80. The van der Waals surface area contributed by atoms with E-state index in [0.717, 1.165) is 24.8 Å². The molecule has 0 radical (unpaired) electrons. The smallest absolute Gasteiger partial charge is 0.173 e. The van der Waals surface area contributed by atoms with Crippen molar-refractivity contribution < 1.29 is 9.47 Å². The quantitative estimate of drug-likeness (QED) is 0.858. The van der Waals surface area contributed by atoms with Gasteiger partial charge in [-0.3, -0.25) is 0 Å². The fourth-order valence-corrected chi connectivity index (χ4v) is 2.68. The molecule has 0 aliphatic carbocycles. The zero-order valence-electron chi connectivity index (χ0n) is 9.70. The third-order valence-corrected chi connectivity index (χ3v) is 3.83. The van der Waals surface area contributed by atoms with Gasteiger partial charge < -0.3 is 14.8 Å². The molecule has 0 saturated carbocycles. The first-order valence-electron chi connectivity index (χ1n) is 5.83. The van der Waals surface area contributed by atoms with Gasteiger partial charge in [0.05, 0.1) is 13.2 Å². The second kappa shape index (κ2) is 6.23. The van der Waals surface area contributed by atoms with E-state index in [1.807, 2.05) is 6.07 Å². The van der Waals surface area contributed by atoms with Crippen LogP contribution in [0.15, 0.2) is 12.1 Å². The molecule has 2 rings (SSSR count). The highest BCUT2D eigenvalue weighted by molar-refractivity contribution is 7.13. The highest BCUT2D eigenvalue weighted by Crippen LogP contribution is 2.23. The lowest BCUT2D eigenvalue weighted by atomic mass is 10.1. The second-order valence-corrected chi connectivity index (χ2v) is 5.18. The van der Waals surface area contributed by atoms with Crippen molar-refractivity contribution in [2.45, 2.75) is 31.9 Å². The van der Waals surface area contributed by atoms with E-state index in [1.165, 1.54) is 24.1 Å². The third-order valence-electron chi connectivity index (χ3n) is 2.78. The molecular weight excluding hydrogens is 222 g/mol. The van der Waals surface area contributed by atoms with Crippen molar-refractivity contribution in [1.29, 1.82) is 0 Å². The SMILES string of the molecule is COc1ccc(CNCC2CCCCO2)s1. The topological polar surface area (TPSA) is 30.5 Å². The Morgan fingerprint density at radius 1 is 1.50 bits per heavy atom. The zero-order valence-corrected chi connectivity index (χ0v) is 10.5. The van der Waals surface area contributed by atoms with E-state index in [0.29, 0.717) is 6.10 Å². The van der Waals surface area contributed by atoms with Gasteiger partial charge in [-0.05, 0) is 31.4 Å². The van der Waals surface area contributed by atoms with Crippen LogP contribution in [0.5, 0.6) is 5.06 Å². The number of rotatable bonds is 5. The average molecular weight is 241 g/mol. The van der Waals surface area contributed by atoms with E-state index < -0.39 is 0 Å². The first-order valence-corrected chi connectivity index (χ1v) is 6.65. The highest BCUT2D eigenvalue weighted by atomic mass is 32.1. The summed E-state index contributed by atoms with van der Waals surface area (Å²) in [5.74, 6) is 0. The van der Waals surface area contributed by atoms with Crippen LogP contribution in [-0.4, -0.2) is 26.4 Å². The van der Waals surface area contributed by atoms with Crippen LogP contribution in [-0.2, 0) is 11.3 Å². The van der Waals surface area contributed by atoms with Crippen LogP contribution in [0.25, 0.3) is 0 Å². The van der Waals surface area contributed by atoms with Crippen LogP contribution < -0.4 is 10.1 Å². The third kappa shape index (κ3) is 3.47. The molecule has 1 fully saturated rings. The average Bonchev–Trinajstić information content (AvgIpc) is 2.78. The Bertz CT molecular complexity index is 308.